The van der Waals surface area contributed by atoms with Gasteiger partial charge >= 0.3 is 0 Å². The summed E-state index contributed by atoms with van der Waals surface area (Å²) in [5.41, 5.74) is -0.863. The number of pyridine rings is 1. The van der Waals surface area contributed by atoms with Gasteiger partial charge in [-0.05, 0) is 48.5 Å². The number of nitrogens with one attached hydrogen (secondary N) is 1. The number of halogens is 4. The second-order valence-corrected chi connectivity index (χ2v) is 7.71. The molecule has 1 N–H and O–H groups in total. The standard InChI is InChI=1S/C18H12F4N2O3S/c1-28(25,26)13-8-6-12(7-9-13)27-11-4-2-10(3-5-11)23-16-14(19)17(21)24-18(22)15(16)20/h2-9H,1H3,(H,23,24). The van der Waals surface area contributed by atoms with Gasteiger partial charge in [0.1, 0.15) is 17.2 Å². The minimum absolute atomic E-state index is 0.139. The number of benzene rings is 2. The minimum Gasteiger partial charge on any atom is -0.457 e. The Morgan fingerprint density at radius 2 is 1.29 bits per heavy atom. The number of anilines is 2. The van der Waals surface area contributed by atoms with E-state index in [1.165, 1.54) is 48.5 Å². The van der Waals surface area contributed by atoms with Crippen molar-refractivity contribution in [3.05, 3.63) is 72.1 Å². The lowest BCUT2D eigenvalue weighted by Gasteiger charge is -2.11. The molecule has 1 heterocycles. The van der Waals surface area contributed by atoms with Crippen molar-refractivity contribution in [1.82, 2.24) is 4.98 Å². The van der Waals surface area contributed by atoms with Gasteiger partial charge in [-0.15, -0.1) is 0 Å². The highest BCUT2D eigenvalue weighted by molar-refractivity contribution is 7.90. The molecule has 5 nitrogen and oxygen atoms in total. The fraction of sp³-hybridized carbons (Fsp3) is 0.0556. The molecule has 2 aromatic carbocycles. The van der Waals surface area contributed by atoms with E-state index in [1.807, 2.05) is 0 Å². The predicted molar refractivity (Wildman–Crippen MR) is 93.4 cm³/mol. The molecule has 0 bridgehead atoms. The molecule has 146 valence electrons. The van der Waals surface area contributed by atoms with E-state index >= 15 is 0 Å². The van der Waals surface area contributed by atoms with Crippen LogP contribution in [0.1, 0.15) is 0 Å². The van der Waals surface area contributed by atoms with Crippen LogP contribution in [0.3, 0.4) is 0 Å². The third-order valence-corrected chi connectivity index (χ3v) is 4.74. The third kappa shape index (κ3) is 4.22. The fourth-order valence-electron chi connectivity index (χ4n) is 2.24. The summed E-state index contributed by atoms with van der Waals surface area (Å²) in [5, 5.41) is 2.25. The number of ether oxygens (including phenoxy) is 1. The van der Waals surface area contributed by atoms with Crippen molar-refractivity contribution < 1.29 is 30.7 Å². The maximum atomic E-state index is 13.6. The molecule has 0 fully saturated rings. The zero-order chi connectivity index (χ0) is 20.5. The van der Waals surface area contributed by atoms with Crippen LogP contribution < -0.4 is 10.1 Å². The summed E-state index contributed by atoms with van der Waals surface area (Å²) in [7, 11) is -3.32. The van der Waals surface area contributed by atoms with E-state index in [0.29, 0.717) is 11.5 Å². The van der Waals surface area contributed by atoms with Gasteiger partial charge in [-0.2, -0.15) is 22.5 Å². The van der Waals surface area contributed by atoms with Crippen LogP contribution >= 0.6 is 0 Å². The second kappa shape index (κ2) is 7.47. The molecule has 0 amide bonds. The molecule has 28 heavy (non-hydrogen) atoms. The number of hydrogen-bond donors (Lipinski definition) is 1. The number of hydrogen-bond acceptors (Lipinski definition) is 5. The first-order valence-electron chi connectivity index (χ1n) is 7.70. The Hall–Kier alpha value is -3.14. The fourth-order valence-corrected chi connectivity index (χ4v) is 2.87. The predicted octanol–water partition coefficient (Wildman–Crippen LogP) is 4.58. The van der Waals surface area contributed by atoms with Crippen LogP contribution in [0.5, 0.6) is 11.5 Å². The topological polar surface area (TPSA) is 68.3 Å². The summed E-state index contributed by atoms with van der Waals surface area (Å²) in [6.07, 6.45) is 1.08. The van der Waals surface area contributed by atoms with E-state index in [1.54, 1.807) is 0 Å². The Balaban J connectivity index is 1.76. The van der Waals surface area contributed by atoms with Crippen LogP contribution in [0.4, 0.5) is 28.9 Å². The summed E-state index contributed by atoms with van der Waals surface area (Å²) in [6.45, 7) is 0. The van der Waals surface area contributed by atoms with Gasteiger partial charge in [0.25, 0.3) is 11.9 Å². The first kappa shape index (κ1) is 19.6. The van der Waals surface area contributed by atoms with Gasteiger partial charge in [-0.1, -0.05) is 0 Å². The molecule has 0 aliphatic carbocycles. The van der Waals surface area contributed by atoms with E-state index in [9.17, 15) is 26.0 Å². The maximum absolute atomic E-state index is 13.6. The largest absolute Gasteiger partial charge is 0.457 e. The van der Waals surface area contributed by atoms with E-state index in [4.69, 9.17) is 4.74 Å². The Labute approximate surface area is 157 Å². The van der Waals surface area contributed by atoms with Gasteiger partial charge in [0, 0.05) is 11.9 Å². The van der Waals surface area contributed by atoms with Gasteiger partial charge in [-0.25, -0.2) is 8.42 Å². The van der Waals surface area contributed by atoms with Crippen molar-refractivity contribution in [3.8, 4) is 11.5 Å². The molecule has 0 unspecified atom stereocenters. The second-order valence-electron chi connectivity index (χ2n) is 5.69. The summed E-state index contributed by atoms with van der Waals surface area (Å²) in [5.74, 6) is -6.12. The zero-order valence-electron chi connectivity index (χ0n) is 14.2. The normalized spacial score (nSPS) is 11.3. The third-order valence-electron chi connectivity index (χ3n) is 3.61. The van der Waals surface area contributed by atoms with E-state index < -0.39 is 39.1 Å². The Morgan fingerprint density at radius 1 is 0.821 bits per heavy atom. The Morgan fingerprint density at radius 3 is 1.75 bits per heavy atom. The van der Waals surface area contributed by atoms with Gasteiger partial charge in [0.05, 0.1) is 4.90 Å². The molecule has 0 aliphatic heterocycles. The molecule has 0 radical (unpaired) electrons. The van der Waals surface area contributed by atoms with Crippen LogP contribution in [-0.2, 0) is 9.84 Å². The molecule has 0 aliphatic rings. The first-order chi connectivity index (χ1) is 13.1. The molecule has 0 saturated heterocycles. The quantitative estimate of drug-likeness (QED) is 0.491. The average Bonchev–Trinajstić information content (AvgIpc) is 2.65. The van der Waals surface area contributed by atoms with Crippen molar-refractivity contribution in [3.63, 3.8) is 0 Å². The SMILES string of the molecule is CS(=O)(=O)c1ccc(Oc2ccc(Nc3c(F)c(F)nc(F)c3F)cc2)cc1. The van der Waals surface area contributed by atoms with Crippen LogP contribution in [0.2, 0.25) is 0 Å². The number of aromatic nitrogens is 1. The van der Waals surface area contributed by atoms with Gasteiger partial charge in [-0.3, -0.25) is 0 Å². The van der Waals surface area contributed by atoms with Crippen LogP contribution in [0.25, 0.3) is 0 Å². The van der Waals surface area contributed by atoms with Crippen LogP contribution in [-0.4, -0.2) is 19.7 Å². The smallest absolute Gasteiger partial charge is 0.253 e. The number of nitrogens with zero attached hydrogens (tertiary/aromatic N) is 1. The molecule has 3 aromatic rings. The number of sulfone groups is 1. The molecular formula is C18H12F4N2O3S. The zero-order valence-corrected chi connectivity index (χ0v) is 15.0. The van der Waals surface area contributed by atoms with E-state index in [2.05, 4.69) is 10.3 Å². The first-order valence-corrected chi connectivity index (χ1v) is 9.59. The molecule has 3 rings (SSSR count). The highest BCUT2D eigenvalue weighted by Crippen LogP contribution is 2.28. The summed E-state index contributed by atoms with van der Waals surface area (Å²) in [6, 6.07) is 11.3. The van der Waals surface area contributed by atoms with Crippen LogP contribution in [0, 0.1) is 23.5 Å². The lowest BCUT2D eigenvalue weighted by molar-refractivity contribution is 0.411. The maximum Gasteiger partial charge on any atom is 0.253 e. The molecule has 0 spiro atoms. The Kier molecular flexibility index (Phi) is 5.23. The number of rotatable bonds is 5. The molecule has 1 aromatic heterocycles. The van der Waals surface area contributed by atoms with Crippen molar-refractivity contribution in [2.45, 2.75) is 4.90 Å². The lowest BCUT2D eigenvalue weighted by Crippen LogP contribution is -2.06. The van der Waals surface area contributed by atoms with Crippen molar-refractivity contribution >= 4 is 21.2 Å². The van der Waals surface area contributed by atoms with Gasteiger partial charge in [0.2, 0.25) is 11.6 Å². The summed E-state index contributed by atoms with van der Waals surface area (Å²) >= 11 is 0. The monoisotopic (exact) mass is 412 g/mol. The van der Waals surface area contributed by atoms with Crippen molar-refractivity contribution in [2.24, 2.45) is 0 Å². The lowest BCUT2D eigenvalue weighted by atomic mass is 10.2. The summed E-state index contributed by atoms with van der Waals surface area (Å²) < 4.78 is 81.9. The van der Waals surface area contributed by atoms with Crippen molar-refractivity contribution in [2.75, 3.05) is 11.6 Å². The highest BCUT2D eigenvalue weighted by atomic mass is 32.2. The summed E-state index contributed by atoms with van der Waals surface area (Å²) in [4.78, 5) is 2.62. The minimum atomic E-state index is -3.32. The average molecular weight is 412 g/mol. The van der Waals surface area contributed by atoms with E-state index in [-0.39, 0.29) is 10.6 Å². The highest BCUT2D eigenvalue weighted by Gasteiger charge is 2.20. The molecule has 10 heteroatoms. The Bertz CT molecular complexity index is 1090. The molecule has 0 saturated carbocycles. The van der Waals surface area contributed by atoms with E-state index in [0.717, 1.165) is 6.26 Å². The molecular weight excluding hydrogens is 400 g/mol. The van der Waals surface area contributed by atoms with Crippen molar-refractivity contribution in [1.29, 1.82) is 0 Å². The van der Waals surface area contributed by atoms with Crippen LogP contribution in [0.15, 0.2) is 53.4 Å². The van der Waals surface area contributed by atoms with Gasteiger partial charge in [0.15, 0.2) is 9.84 Å². The van der Waals surface area contributed by atoms with Gasteiger partial charge < -0.3 is 10.1 Å². The molecule has 0 atom stereocenters.